The van der Waals surface area contributed by atoms with Gasteiger partial charge in [0.2, 0.25) is 0 Å². The van der Waals surface area contributed by atoms with Gasteiger partial charge in [-0.25, -0.2) is 4.99 Å². The summed E-state index contributed by atoms with van der Waals surface area (Å²) in [6.07, 6.45) is 4.74. The minimum Gasteiger partial charge on any atom is -0.357 e. The van der Waals surface area contributed by atoms with Crippen LogP contribution in [0.1, 0.15) is 37.8 Å². The van der Waals surface area contributed by atoms with E-state index in [9.17, 15) is 0 Å². The lowest BCUT2D eigenvalue weighted by Crippen LogP contribution is -2.38. The molecular formula is C12H20N6. The Balaban J connectivity index is 1.65. The number of aliphatic imine (C=N–C) groups is 1. The number of aromatic nitrogens is 3. The Morgan fingerprint density at radius 3 is 3.11 bits per heavy atom. The first-order chi connectivity index (χ1) is 8.86. The van der Waals surface area contributed by atoms with Crippen LogP contribution in [0.15, 0.2) is 4.99 Å². The molecule has 18 heavy (non-hydrogen) atoms. The second kappa shape index (κ2) is 4.96. The molecule has 1 aromatic heterocycles. The van der Waals surface area contributed by atoms with E-state index in [2.05, 4.69) is 37.3 Å². The van der Waals surface area contributed by atoms with Crippen molar-refractivity contribution in [3.05, 3.63) is 11.6 Å². The molecule has 0 amide bonds. The summed E-state index contributed by atoms with van der Waals surface area (Å²) >= 11 is 0. The molecule has 98 valence electrons. The fourth-order valence-corrected chi connectivity index (χ4v) is 2.22. The number of rotatable bonds is 4. The van der Waals surface area contributed by atoms with E-state index in [0.717, 1.165) is 37.1 Å². The molecule has 6 heteroatoms. The lowest BCUT2D eigenvalue weighted by atomic mass is 10.4. The van der Waals surface area contributed by atoms with Gasteiger partial charge in [0.05, 0.1) is 0 Å². The molecule has 1 fully saturated rings. The third-order valence-electron chi connectivity index (χ3n) is 3.33. The van der Waals surface area contributed by atoms with Crippen LogP contribution in [-0.2, 0) is 19.5 Å². The number of hydrogen-bond donors (Lipinski definition) is 2. The fourth-order valence-electron chi connectivity index (χ4n) is 2.22. The predicted molar refractivity (Wildman–Crippen MR) is 69.3 cm³/mol. The van der Waals surface area contributed by atoms with E-state index < -0.39 is 0 Å². The maximum Gasteiger partial charge on any atom is 0.191 e. The molecule has 2 heterocycles. The Labute approximate surface area is 107 Å². The van der Waals surface area contributed by atoms with Gasteiger partial charge in [0, 0.05) is 25.6 Å². The highest BCUT2D eigenvalue weighted by Crippen LogP contribution is 2.18. The molecule has 1 aliphatic heterocycles. The summed E-state index contributed by atoms with van der Waals surface area (Å²) in [5.74, 6) is 2.99. The second-order valence-electron chi connectivity index (χ2n) is 4.90. The molecule has 0 atom stereocenters. The molecule has 2 N–H and O–H groups in total. The van der Waals surface area contributed by atoms with Crippen molar-refractivity contribution in [1.29, 1.82) is 0 Å². The molecule has 0 bridgehead atoms. The predicted octanol–water partition coefficient (Wildman–Crippen LogP) is 0.442. The topological polar surface area (TPSA) is 67.1 Å². The zero-order valence-corrected chi connectivity index (χ0v) is 10.8. The van der Waals surface area contributed by atoms with Crippen LogP contribution in [0.5, 0.6) is 0 Å². The Bertz CT molecular complexity index is 445. The van der Waals surface area contributed by atoms with E-state index in [1.54, 1.807) is 0 Å². The van der Waals surface area contributed by atoms with E-state index in [4.69, 9.17) is 0 Å². The minimum atomic E-state index is 0.606. The standard InChI is InChI=1S/C12H20N6/c1-2-13-12(15-9-5-6-9)14-8-11-17-16-10-4-3-7-18(10)11/h9H,2-8H2,1H3,(H2,13,14,15). The summed E-state index contributed by atoms with van der Waals surface area (Å²) in [6.45, 7) is 4.62. The van der Waals surface area contributed by atoms with E-state index in [1.807, 2.05) is 0 Å². The van der Waals surface area contributed by atoms with Crippen LogP contribution in [0.25, 0.3) is 0 Å². The van der Waals surface area contributed by atoms with Crippen molar-refractivity contribution in [3.63, 3.8) is 0 Å². The van der Waals surface area contributed by atoms with Crippen molar-refractivity contribution in [2.75, 3.05) is 6.54 Å². The Hall–Kier alpha value is -1.59. The molecule has 0 unspecified atom stereocenters. The number of aryl methyl sites for hydroxylation is 1. The first kappa shape index (κ1) is 11.5. The van der Waals surface area contributed by atoms with E-state index in [-0.39, 0.29) is 0 Å². The van der Waals surface area contributed by atoms with Gasteiger partial charge in [0.1, 0.15) is 12.4 Å². The maximum absolute atomic E-state index is 4.58. The monoisotopic (exact) mass is 248 g/mol. The van der Waals surface area contributed by atoms with Crippen molar-refractivity contribution in [2.24, 2.45) is 4.99 Å². The Morgan fingerprint density at radius 1 is 1.44 bits per heavy atom. The summed E-state index contributed by atoms with van der Waals surface area (Å²) < 4.78 is 2.20. The summed E-state index contributed by atoms with van der Waals surface area (Å²) in [4.78, 5) is 4.58. The van der Waals surface area contributed by atoms with Gasteiger partial charge in [-0.05, 0) is 26.2 Å². The smallest absolute Gasteiger partial charge is 0.191 e. The van der Waals surface area contributed by atoms with Crippen molar-refractivity contribution >= 4 is 5.96 Å². The van der Waals surface area contributed by atoms with Crippen molar-refractivity contribution in [3.8, 4) is 0 Å². The molecule has 1 aliphatic carbocycles. The molecule has 0 radical (unpaired) electrons. The van der Waals surface area contributed by atoms with Gasteiger partial charge in [0.15, 0.2) is 11.8 Å². The lowest BCUT2D eigenvalue weighted by Gasteiger charge is -2.09. The average molecular weight is 248 g/mol. The summed E-state index contributed by atoms with van der Waals surface area (Å²) in [5, 5.41) is 15.1. The summed E-state index contributed by atoms with van der Waals surface area (Å²) in [7, 11) is 0. The SMILES string of the molecule is CCNC(=NCc1nnc2n1CCC2)NC1CC1. The minimum absolute atomic E-state index is 0.606. The Kier molecular flexibility index (Phi) is 3.17. The Morgan fingerprint density at radius 2 is 2.33 bits per heavy atom. The van der Waals surface area contributed by atoms with Gasteiger partial charge in [-0.1, -0.05) is 0 Å². The highest BCUT2D eigenvalue weighted by atomic mass is 15.3. The van der Waals surface area contributed by atoms with Crippen molar-refractivity contribution in [2.45, 2.75) is 51.7 Å². The lowest BCUT2D eigenvalue weighted by molar-refractivity contribution is 0.684. The summed E-state index contributed by atoms with van der Waals surface area (Å²) in [5.41, 5.74) is 0. The highest BCUT2D eigenvalue weighted by molar-refractivity contribution is 5.80. The zero-order chi connectivity index (χ0) is 12.4. The summed E-state index contributed by atoms with van der Waals surface area (Å²) in [6, 6.07) is 0.618. The molecule has 0 spiro atoms. The number of guanidine groups is 1. The third kappa shape index (κ3) is 2.47. The quantitative estimate of drug-likeness (QED) is 0.599. The zero-order valence-electron chi connectivity index (χ0n) is 10.8. The first-order valence-corrected chi connectivity index (χ1v) is 6.82. The highest BCUT2D eigenvalue weighted by Gasteiger charge is 2.22. The van der Waals surface area contributed by atoms with Gasteiger partial charge in [-0.2, -0.15) is 0 Å². The van der Waals surface area contributed by atoms with Crippen LogP contribution in [-0.4, -0.2) is 33.3 Å². The molecule has 6 nitrogen and oxygen atoms in total. The normalized spacial score (nSPS) is 18.8. The van der Waals surface area contributed by atoms with Gasteiger partial charge in [-0.15, -0.1) is 10.2 Å². The van der Waals surface area contributed by atoms with Crippen LogP contribution < -0.4 is 10.6 Å². The van der Waals surface area contributed by atoms with E-state index >= 15 is 0 Å². The number of nitrogens with zero attached hydrogens (tertiary/aromatic N) is 4. The third-order valence-corrected chi connectivity index (χ3v) is 3.33. The maximum atomic E-state index is 4.58. The van der Waals surface area contributed by atoms with Crippen LogP contribution in [0.2, 0.25) is 0 Å². The molecule has 0 saturated heterocycles. The largest absolute Gasteiger partial charge is 0.357 e. The second-order valence-corrected chi connectivity index (χ2v) is 4.90. The molecule has 3 rings (SSSR count). The van der Waals surface area contributed by atoms with Gasteiger partial charge in [-0.3, -0.25) is 0 Å². The van der Waals surface area contributed by atoms with Gasteiger partial charge >= 0.3 is 0 Å². The van der Waals surface area contributed by atoms with Crippen LogP contribution in [0.4, 0.5) is 0 Å². The molecule has 0 aromatic carbocycles. The number of fused-ring (bicyclic) bond motifs is 1. The molecule has 1 aromatic rings. The molecule has 1 saturated carbocycles. The van der Waals surface area contributed by atoms with Crippen molar-refractivity contribution in [1.82, 2.24) is 25.4 Å². The molecular weight excluding hydrogens is 228 g/mol. The van der Waals surface area contributed by atoms with Crippen LogP contribution in [0, 0.1) is 0 Å². The van der Waals surface area contributed by atoms with E-state index in [0.29, 0.717) is 12.6 Å². The number of hydrogen-bond acceptors (Lipinski definition) is 3. The van der Waals surface area contributed by atoms with Crippen molar-refractivity contribution < 1.29 is 0 Å². The van der Waals surface area contributed by atoms with Gasteiger partial charge < -0.3 is 15.2 Å². The molecule has 2 aliphatic rings. The first-order valence-electron chi connectivity index (χ1n) is 6.82. The van der Waals surface area contributed by atoms with E-state index in [1.165, 1.54) is 19.3 Å². The number of nitrogens with one attached hydrogen (secondary N) is 2. The average Bonchev–Trinajstić information content (AvgIpc) is 2.90. The van der Waals surface area contributed by atoms with Gasteiger partial charge in [0.25, 0.3) is 0 Å². The van der Waals surface area contributed by atoms with Crippen LogP contribution in [0.3, 0.4) is 0 Å². The van der Waals surface area contributed by atoms with Crippen LogP contribution >= 0.6 is 0 Å². The fraction of sp³-hybridized carbons (Fsp3) is 0.750.